The lowest BCUT2D eigenvalue weighted by Crippen LogP contribution is -2.39. The molecule has 1 atom stereocenters. The Morgan fingerprint density at radius 1 is 1.26 bits per heavy atom. The first-order valence-corrected chi connectivity index (χ1v) is 11.7. The molecule has 0 spiro atoms. The van der Waals surface area contributed by atoms with Gasteiger partial charge in [0.2, 0.25) is 0 Å². The summed E-state index contributed by atoms with van der Waals surface area (Å²) in [7, 11) is 1.60. The number of morpholine rings is 1. The molecule has 0 N–H and O–H groups in total. The number of ether oxygens (including phenoxy) is 2. The van der Waals surface area contributed by atoms with Gasteiger partial charge < -0.3 is 18.6 Å². The minimum absolute atomic E-state index is 0.0854. The number of nitrogens with zero attached hydrogens (tertiary/aromatic N) is 7. The van der Waals surface area contributed by atoms with Crippen LogP contribution in [0, 0.1) is 11.3 Å². The lowest BCUT2D eigenvalue weighted by atomic mass is 10.1. The van der Waals surface area contributed by atoms with Gasteiger partial charge in [-0.3, -0.25) is 14.1 Å². The molecule has 11 nitrogen and oxygen atoms in total. The van der Waals surface area contributed by atoms with Crippen molar-refractivity contribution < 1.29 is 14.0 Å². The van der Waals surface area contributed by atoms with Crippen LogP contribution in [0.15, 0.2) is 27.8 Å². The van der Waals surface area contributed by atoms with E-state index in [0.29, 0.717) is 55.3 Å². The van der Waals surface area contributed by atoms with Crippen LogP contribution >= 0.6 is 11.6 Å². The second-order valence-electron chi connectivity index (χ2n) is 8.44. The summed E-state index contributed by atoms with van der Waals surface area (Å²) in [4.78, 5) is 25.0. The fraction of sp³-hybridized carbons (Fsp3) is 0.435. The molecule has 1 unspecified atom stereocenters. The number of rotatable bonds is 7. The van der Waals surface area contributed by atoms with Crippen LogP contribution in [0.2, 0.25) is 5.02 Å². The Morgan fingerprint density at radius 2 is 2.06 bits per heavy atom. The first-order chi connectivity index (χ1) is 17.0. The standard InChI is InChI=1S/C23H24ClN7O4/c1-14(12-33-2)21-27-22(35-28-21)18-20-23(32)30(6-5-29-7-9-34-10-8-29)19-15(11-25)16(24)3-4-17(19)31(20)13-26-18/h3-4,13-14H,5-10,12H2,1-2H3. The average Bonchev–Trinajstić information content (AvgIpc) is 3.53. The van der Waals surface area contributed by atoms with Crippen molar-refractivity contribution in [2.24, 2.45) is 0 Å². The molecular formula is C23H24ClN7O4. The van der Waals surface area contributed by atoms with Crippen molar-refractivity contribution in [3.63, 3.8) is 0 Å². The van der Waals surface area contributed by atoms with E-state index in [2.05, 4.69) is 26.1 Å². The van der Waals surface area contributed by atoms with E-state index >= 15 is 0 Å². The van der Waals surface area contributed by atoms with Gasteiger partial charge in [0.1, 0.15) is 17.9 Å². The van der Waals surface area contributed by atoms with Crippen LogP contribution in [-0.2, 0) is 16.0 Å². The van der Waals surface area contributed by atoms with Gasteiger partial charge in [0.15, 0.2) is 11.5 Å². The van der Waals surface area contributed by atoms with Gasteiger partial charge in [0.05, 0.1) is 41.4 Å². The molecule has 3 aromatic heterocycles. The first-order valence-electron chi connectivity index (χ1n) is 11.3. The van der Waals surface area contributed by atoms with E-state index in [9.17, 15) is 10.1 Å². The lowest BCUT2D eigenvalue weighted by molar-refractivity contribution is 0.0364. The van der Waals surface area contributed by atoms with Crippen LogP contribution in [0.4, 0.5) is 0 Å². The molecule has 0 aliphatic carbocycles. The fourth-order valence-electron chi connectivity index (χ4n) is 4.39. The summed E-state index contributed by atoms with van der Waals surface area (Å²) in [5.41, 5.74) is 1.60. The molecule has 4 heterocycles. The second kappa shape index (κ2) is 9.75. The van der Waals surface area contributed by atoms with E-state index < -0.39 is 0 Å². The van der Waals surface area contributed by atoms with Crippen LogP contribution in [0.25, 0.3) is 28.1 Å². The van der Waals surface area contributed by atoms with Crippen LogP contribution in [0.1, 0.15) is 24.2 Å². The first kappa shape index (κ1) is 23.4. The van der Waals surface area contributed by atoms with Gasteiger partial charge in [-0.2, -0.15) is 10.2 Å². The Morgan fingerprint density at radius 3 is 2.80 bits per heavy atom. The number of hydrogen-bond donors (Lipinski definition) is 0. The van der Waals surface area contributed by atoms with E-state index in [1.54, 1.807) is 28.2 Å². The molecule has 182 valence electrons. The van der Waals surface area contributed by atoms with Crippen molar-refractivity contribution in [3.05, 3.63) is 45.2 Å². The predicted molar refractivity (Wildman–Crippen MR) is 128 cm³/mol. The Kier molecular flexibility index (Phi) is 6.53. The molecule has 0 bridgehead atoms. The van der Waals surface area contributed by atoms with Gasteiger partial charge in [0, 0.05) is 39.2 Å². The number of methoxy groups -OCH3 is 1. The Hall–Kier alpha value is -3.30. The normalized spacial score (nSPS) is 15.6. The van der Waals surface area contributed by atoms with Crippen molar-refractivity contribution in [1.29, 1.82) is 5.26 Å². The number of fused-ring (bicyclic) bond motifs is 3. The highest BCUT2D eigenvalue weighted by molar-refractivity contribution is 6.32. The van der Waals surface area contributed by atoms with Crippen molar-refractivity contribution >= 4 is 28.2 Å². The predicted octanol–water partition coefficient (Wildman–Crippen LogP) is 2.31. The van der Waals surface area contributed by atoms with Crippen LogP contribution in [-0.4, -0.2) is 75.6 Å². The highest BCUT2D eigenvalue weighted by atomic mass is 35.5. The minimum Gasteiger partial charge on any atom is -0.384 e. The largest absolute Gasteiger partial charge is 0.384 e. The third-order valence-electron chi connectivity index (χ3n) is 6.21. The smallest absolute Gasteiger partial charge is 0.278 e. The minimum atomic E-state index is -0.318. The molecule has 1 saturated heterocycles. The molecule has 1 aromatic carbocycles. The number of nitriles is 1. The van der Waals surface area contributed by atoms with E-state index in [1.807, 2.05) is 6.92 Å². The highest BCUT2D eigenvalue weighted by Crippen LogP contribution is 2.29. The van der Waals surface area contributed by atoms with Crippen LogP contribution in [0.5, 0.6) is 0 Å². The SMILES string of the molecule is COCC(C)c1noc(-c2ncn3c2c(=O)n(CCN2CCOCC2)c2c(C#N)c(Cl)ccc23)n1. The van der Waals surface area contributed by atoms with Gasteiger partial charge in [-0.1, -0.05) is 23.7 Å². The zero-order valence-corrected chi connectivity index (χ0v) is 20.2. The molecule has 5 rings (SSSR count). The number of benzene rings is 1. The molecule has 1 aliphatic rings. The average molecular weight is 498 g/mol. The number of aromatic nitrogens is 5. The van der Waals surface area contributed by atoms with Crippen molar-refractivity contribution in [2.75, 3.05) is 46.6 Å². The van der Waals surface area contributed by atoms with Gasteiger partial charge in [-0.05, 0) is 12.1 Å². The van der Waals surface area contributed by atoms with Crippen molar-refractivity contribution in [3.8, 4) is 17.7 Å². The summed E-state index contributed by atoms with van der Waals surface area (Å²) in [6.45, 7) is 6.20. The summed E-state index contributed by atoms with van der Waals surface area (Å²) >= 11 is 6.35. The zero-order valence-electron chi connectivity index (χ0n) is 19.4. The maximum absolute atomic E-state index is 13.9. The molecular weight excluding hydrogens is 474 g/mol. The van der Waals surface area contributed by atoms with Gasteiger partial charge in [0.25, 0.3) is 11.4 Å². The summed E-state index contributed by atoms with van der Waals surface area (Å²) in [5.74, 6) is 0.531. The molecule has 35 heavy (non-hydrogen) atoms. The maximum atomic E-state index is 13.9. The van der Waals surface area contributed by atoms with Gasteiger partial charge in [-0.25, -0.2) is 4.98 Å². The highest BCUT2D eigenvalue weighted by Gasteiger charge is 2.24. The molecule has 1 fully saturated rings. The van der Waals surface area contributed by atoms with Crippen molar-refractivity contribution in [2.45, 2.75) is 19.4 Å². The van der Waals surface area contributed by atoms with Gasteiger partial charge in [-0.15, -0.1) is 0 Å². The fourth-order valence-corrected chi connectivity index (χ4v) is 4.58. The Balaban J connectivity index is 1.68. The maximum Gasteiger partial charge on any atom is 0.278 e. The van der Waals surface area contributed by atoms with Crippen LogP contribution < -0.4 is 5.56 Å². The Labute approximate surface area is 205 Å². The third-order valence-corrected chi connectivity index (χ3v) is 6.52. The molecule has 1 aliphatic heterocycles. The molecule has 0 radical (unpaired) electrons. The van der Waals surface area contributed by atoms with Crippen molar-refractivity contribution in [1.82, 2.24) is 29.0 Å². The summed E-state index contributed by atoms with van der Waals surface area (Å²) < 4.78 is 19.3. The number of hydrogen-bond acceptors (Lipinski definition) is 9. The topological polar surface area (TPSA) is 124 Å². The summed E-state index contributed by atoms with van der Waals surface area (Å²) in [5, 5.41) is 14.2. The number of imidazole rings is 1. The lowest BCUT2D eigenvalue weighted by Gasteiger charge is -2.27. The quantitative estimate of drug-likeness (QED) is 0.378. The zero-order chi connectivity index (χ0) is 24.5. The number of halogens is 1. The molecule has 0 amide bonds. The molecule has 12 heteroatoms. The summed E-state index contributed by atoms with van der Waals surface area (Å²) in [6.07, 6.45) is 1.53. The second-order valence-corrected chi connectivity index (χ2v) is 8.85. The van der Waals surface area contributed by atoms with E-state index in [0.717, 1.165) is 13.1 Å². The van der Waals surface area contributed by atoms with Crippen LogP contribution in [0.3, 0.4) is 0 Å². The van der Waals surface area contributed by atoms with E-state index in [4.69, 9.17) is 25.6 Å². The van der Waals surface area contributed by atoms with E-state index in [1.165, 1.54) is 6.33 Å². The van der Waals surface area contributed by atoms with E-state index in [-0.39, 0.29) is 33.6 Å². The third kappa shape index (κ3) is 4.19. The molecule has 4 aromatic rings. The Bertz CT molecular complexity index is 1480. The van der Waals surface area contributed by atoms with Gasteiger partial charge >= 0.3 is 0 Å². The molecule has 0 saturated carbocycles. The summed E-state index contributed by atoms with van der Waals surface area (Å²) in [6, 6.07) is 5.59. The monoisotopic (exact) mass is 497 g/mol.